The van der Waals surface area contributed by atoms with Crippen LogP contribution in [0.2, 0.25) is 0 Å². The van der Waals surface area contributed by atoms with Crippen LogP contribution in [0.1, 0.15) is 13.8 Å². The molecule has 0 aliphatic carbocycles. The fraction of sp³-hybridized carbons (Fsp3) is 0.308. The van der Waals surface area contributed by atoms with Crippen molar-refractivity contribution in [2.24, 2.45) is 0 Å². The van der Waals surface area contributed by atoms with Gasteiger partial charge in [-0.05, 0) is 0 Å². The molecule has 0 unspecified atom stereocenters. The summed E-state index contributed by atoms with van der Waals surface area (Å²) in [6, 6.07) is 1.70. The van der Waals surface area contributed by atoms with E-state index < -0.39 is 39.6 Å². The number of aromatic nitrogens is 3. The van der Waals surface area contributed by atoms with Gasteiger partial charge in [-0.15, -0.1) is 0 Å². The van der Waals surface area contributed by atoms with Crippen LogP contribution in [0.4, 0.5) is 13.6 Å². The number of amides is 1. The Hall–Kier alpha value is -2.19. The van der Waals surface area contributed by atoms with E-state index in [9.17, 15) is 21.2 Å². The quantitative estimate of drug-likeness (QED) is 0.700. The van der Waals surface area contributed by atoms with E-state index in [0.29, 0.717) is 25.2 Å². The summed E-state index contributed by atoms with van der Waals surface area (Å²) in [4.78, 5) is 17.1. The minimum absolute atomic E-state index is 0.423. The van der Waals surface area contributed by atoms with Crippen molar-refractivity contribution in [3.63, 3.8) is 0 Å². The Labute approximate surface area is 132 Å². The molecular weight excluding hydrogens is 377 g/mol. The van der Waals surface area contributed by atoms with Gasteiger partial charge in [0, 0.05) is 0 Å². The van der Waals surface area contributed by atoms with E-state index in [-0.39, 0.29) is 0 Å². The molecule has 0 fully saturated rings. The molecule has 124 valence electrons. The topological polar surface area (TPSA) is 85.2 Å². The van der Waals surface area contributed by atoms with Crippen molar-refractivity contribution in [2.75, 3.05) is 13.1 Å². The second-order valence-electron chi connectivity index (χ2n) is 4.51. The summed E-state index contributed by atoms with van der Waals surface area (Å²) in [6.45, 7) is 4.38. The van der Waals surface area contributed by atoms with Crippen molar-refractivity contribution in [1.82, 2.24) is 19.7 Å². The molecule has 0 aliphatic heterocycles. The van der Waals surface area contributed by atoms with Crippen molar-refractivity contribution in [3.8, 4) is 0 Å². The summed E-state index contributed by atoms with van der Waals surface area (Å²) in [5, 5.41) is 3.67. The first-order valence-corrected chi connectivity index (χ1v) is 9.83. The fourth-order valence-corrected chi connectivity index (χ4v) is 4.16. The van der Waals surface area contributed by atoms with Gasteiger partial charge in [-0.3, -0.25) is 0 Å². The SMILES string of the molecule is CCN(CC)C(=O)n1cnc([Se](=O)(=O)c2ccc(F)c(F)c2)n1. The average molecular weight is 391 g/mol. The molecule has 0 bridgehead atoms. The van der Waals surface area contributed by atoms with Gasteiger partial charge in [0.2, 0.25) is 0 Å². The third kappa shape index (κ3) is 3.27. The van der Waals surface area contributed by atoms with Crippen LogP contribution in [-0.4, -0.2) is 51.5 Å². The fourth-order valence-electron chi connectivity index (χ4n) is 1.85. The third-order valence-corrected chi connectivity index (χ3v) is 6.38. The van der Waals surface area contributed by atoms with Crippen LogP contribution in [0.15, 0.2) is 24.5 Å². The molecule has 7 nitrogen and oxygen atoms in total. The monoisotopic (exact) mass is 392 g/mol. The van der Waals surface area contributed by atoms with Crippen LogP contribution < -0.4 is 9.18 Å². The predicted octanol–water partition coefficient (Wildman–Crippen LogP) is 0.284. The van der Waals surface area contributed by atoms with E-state index in [1.807, 2.05) is 0 Å². The Kier molecular flexibility index (Phi) is 4.86. The molecule has 23 heavy (non-hydrogen) atoms. The molecule has 0 atom stereocenters. The molecule has 0 spiro atoms. The van der Waals surface area contributed by atoms with Crippen molar-refractivity contribution in [1.29, 1.82) is 0 Å². The molecular formula is C13H14F2N4O3Se. The van der Waals surface area contributed by atoms with Crippen LogP contribution >= 0.6 is 0 Å². The van der Waals surface area contributed by atoms with Crippen LogP contribution in [0.3, 0.4) is 0 Å². The van der Waals surface area contributed by atoms with Gasteiger partial charge in [0.05, 0.1) is 0 Å². The molecule has 1 heterocycles. The van der Waals surface area contributed by atoms with Crippen LogP contribution in [0, 0.1) is 11.6 Å². The third-order valence-electron chi connectivity index (χ3n) is 3.14. The van der Waals surface area contributed by atoms with Crippen molar-refractivity contribution >= 4 is 27.9 Å². The first-order valence-electron chi connectivity index (χ1n) is 6.72. The Morgan fingerprint density at radius 1 is 1.22 bits per heavy atom. The number of carbonyl (C=O) groups is 1. The number of halogens is 2. The zero-order valence-corrected chi connectivity index (χ0v) is 14.1. The van der Waals surface area contributed by atoms with E-state index in [2.05, 4.69) is 10.1 Å². The molecule has 1 aromatic carbocycles. The summed E-state index contributed by atoms with van der Waals surface area (Å²) in [5.41, 5.74) is 0. The number of nitrogens with zero attached hydrogens (tertiary/aromatic N) is 4. The van der Waals surface area contributed by atoms with E-state index in [1.165, 1.54) is 4.90 Å². The first kappa shape index (κ1) is 17.2. The number of hydrogen-bond donors (Lipinski definition) is 0. The van der Waals surface area contributed by atoms with Gasteiger partial charge in [0.15, 0.2) is 0 Å². The second-order valence-corrected chi connectivity index (χ2v) is 8.37. The zero-order chi connectivity index (χ0) is 17.2. The maximum atomic E-state index is 13.2. The Morgan fingerprint density at radius 3 is 2.43 bits per heavy atom. The Bertz CT molecular complexity index is 831. The molecule has 1 aromatic heterocycles. The van der Waals surface area contributed by atoms with Gasteiger partial charge >= 0.3 is 132 Å². The maximum absolute atomic E-state index is 13.2. The molecule has 1 amide bonds. The molecule has 0 N–H and O–H groups in total. The van der Waals surface area contributed by atoms with Crippen molar-refractivity contribution in [3.05, 3.63) is 36.2 Å². The van der Waals surface area contributed by atoms with Gasteiger partial charge in [-0.25, -0.2) is 0 Å². The van der Waals surface area contributed by atoms with E-state index in [0.717, 1.165) is 17.1 Å². The van der Waals surface area contributed by atoms with Gasteiger partial charge in [0.1, 0.15) is 0 Å². The van der Waals surface area contributed by atoms with Gasteiger partial charge < -0.3 is 0 Å². The van der Waals surface area contributed by atoms with E-state index in [4.69, 9.17) is 0 Å². The van der Waals surface area contributed by atoms with Crippen LogP contribution in [0.5, 0.6) is 0 Å². The number of rotatable bonds is 4. The standard InChI is InChI=1S/C13H14F2N4O3Se/c1-3-18(4-2)13(20)19-8-16-12(17-19)23(21,22)9-5-6-10(14)11(15)7-9/h5-8H,3-4H2,1-2H3. The predicted molar refractivity (Wildman–Crippen MR) is 76.5 cm³/mol. The molecule has 0 saturated carbocycles. The summed E-state index contributed by atoms with van der Waals surface area (Å²) >= 11 is -5.12. The number of benzene rings is 1. The van der Waals surface area contributed by atoms with Gasteiger partial charge in [-0.1, -0.05) is 0 Å². The molecule has 0 saturated heterocycles. The zero-order valence-electron chi connectivity index (χ0n) is 12.4. The average Bonchev–Trinajstić information content (AvgIpc) is 3.01. The number of hydrogen-bond acceptors (Lipinski definition) is 5. The summed E-state index contributed by atoms with van der Waals surface area (Å²) in [7, 11) is 0. The van der Waals surface area contributed by atoms with E-state index >= 15 is 0 Å². The molecule has 10 heteroatoms. The minimum atomic E-state index is -5.12. The molecule has 2 aromatic rings. The number of carbonyl (C=O) groups excluding carboxylic acids is 1. The molecule has 0 radical (unpaired) electrons. The molecule has 0 aliphatic rings. The summed E-state index contributed by atoms with van der Waals surface area (Å²) < 4.78 is 50.7. The second kappa shape index (κ2) is 6.51. The molecule has 2 rings (SSSR count). The van der Waals surface area contributed by atoms with Crippen molar-refractivity contribution < 1.29 is 21.2 Å². The first-order chi connectivity index (χ1) is 10.8. The van der Waals surface area contributed by atoms with Crippen LogP contribution in [-0.2, 0) is 7.67 Å². The van der Waals surface area contributed by atoms with Crippen molar-refractivity contribution in [2.45, 2.75) is 13.8 Å². The Balaban J connectivity index is 2.39. The summed E-state index contributed by atoms with van der Waals surface area (Å²) in [5.74, 6) is -2.44. The van der Waals surface area contributed by atoms with Crippen LogP contribution in [0.25, 0.3) is 0 Å². The Morgan fingerprint density at radius 2 is 1.87 bits per heavy atom. The van der Waals surface area contributed by atoms with Gasteiger partial charge in [-0.2, -0.15) is 0 Å². The van der Waals surface area contributed by atoms with Gasteiger partial charge in [0.25, 0.3) is 0 Å². The van der Waals surface area contributed by atoms with E-state index in [1.54, 1.807) is 13.8 Å². The normalized spacial score (nSPS) is 11.5. The summed E-state index contributed by atoms with van der Waals surface area (Å²) in [6.07, 6.45) is 0.984.